The Labute approximate surface area is 143 Å². The topological polar surface area (TPSA) is 25.2 Å². The molecule has 1 unspecified atom stereocenters. The SMILES string of the molecule is CCCNC(c1ccc(Br)o1)c1cc(I)ccc1Br. The van der Waals surface area contributed by atoms with Gasteiger partial charge in [0.05, 0.1) is 6.04 Å². The number of benzene rings is 1. The molecule has 1 heterocycles. The molecule has 19 heavy (non-hydrogen) atoms. The summed E-state index contributed by atoms with van der Waals surface area (Å²) in [6, 6.07) is 10.3. The van der Waals surface area contributed by atoms with Gasteiger partial charge in [0.1, 0.15) is 5.76 Å². The summed E-state index contributed by atoms with van der Waals surface area (Å²) in [5.41, 5.74) is 1.20. The normalized spacial score (nSPS) is 12.6. The molecule has 102 valence electrons. The summed E-state index contributed by atoms with van der Waals surface area (Å²) in [6.45, 7) is 3.10. The molecule has 0 radical (unpaired) electrons. The fourth-order valence-corrected chi connectivity index (χ4v) is 3.18. The number of hydrogen-bond donors (Lipinski definition) is 1. The van der Waals surface area contributed by atoms with E-state index in [4.69, 9.17) is 4.42 Å². The van der Waals surface area contributed by atoms with E-state index in [1.807, 2.05) is 12.1 Å². The summed E-state index contributed by atoms with van der Waals surface area (Å²) in [4.78, 5) is 0. The van der Waals surface area contributed by atoms with E-state index in [9.17, 15) is 0 Å². The second-order valence-corrected chi connectivity index (χ2v) is 7.08. The van der Waals surface area contributed by atoms with Gasteiger partial charge in [-0.3, -0.25) is 0 Å². The molecule has 0 fully saturated rings. The third kappa shape index (κ3) is 4.06. The van der Waals surface area contributed by atoms with Crippen LogP contribution in [0.1, 0.15) is 30.7 Å². The average Bonchev–Trinajstić information content (AvgIpc) is 2.80. The summed E-state index contributed by atoms with van der Waals surface area (Å²) in [5.74, 6) is 0.919. The molecule has 0 aliphatic heterocycles. The molecule has 1 aromatic carbocycles. The predicted octanol–water partition coefficient (Wildman–Crippen LogP) is 5.50. The Morgan fingerprint density at radius 1 is 1.26 bits per heavy atom. The maximum Gasteiger partial charge on any atom is 0.169 e. The minimum Gasteiger partial charge on any atom is -0.452 e. The molecule has 1 N–H and O–H groups in total. The molecule has 2 rings (SSSR count). The number of furan rings is 1. The number of halogens is 3. The van der Waals surface area contributed by atoms with E-state index in [2.05, 4.69) is 84.9 Å². The van der Waals surface area contributed by atoms with Crippen LogP contribution in [0.15, 0.2) is 43.9 Å². The first kappa shape index (κ1) is 15.5. The first-order valence-electron chi connectivity index (χ1n) is 6.05. The molecule has 2 nitrogen and oxygen atoms in total. The lowest BCUT2D eigenvalue weighted by Crippen LogP contribution is -2.23. The van der Waals surface area contributed by atoms with Crippen molar-refractivity contribution in [3.05, 3.63) is 54.4 Å². The van der Waals surface area contributed by atoms with Crippen LogP contribution in [0.2, 0.25) is 0 Å². The first-order chi connectivity index (χ1) is 9.11. The highest BCUT2D eigenvalue weighted by Gasteiger charge is 2.19. The molecular weight excluding hydrogens is 485 g/mol. The smallest absolute Gasteiger partial charge is 0.169 e. The van der Waals surface area contributed by atoms with Crippen LogP contribution in [0.5, 0.6) is 0 Å². The standard InChI is InChI=1S/C14H14Br2INO/c1-2-7-18-14(12-5-6-13(16)19-12)10-8-9(17)3-4-11(10)15/h3-6,8,14,18H,2,7H2,1H3. The maximum absolute atomic E-state index is 5.72. The van der Waals surface area contributed by atoms with Crippen molar-refractivity contribution < 1.29 is 4.42 Å². The van der Waals surface area contributed by atoms with Gasteiger partial charge in [-0.1, -0.05) is 22.9 Å². The summed E-state index contributed by atoms with van der Waals surface area (Å²) in [6.07, 6.45) is 1.08. The van der Waals surface area contributed by atoms with E-state index in [0.717, 1.165) is 27.9 Å². The molecule has 0 amide bonds. The van der Waals surface area contributed by atoms with Crippen molar-refractivity contribution in [2.24, 2.45) is 0 Å². The zero-order valence-electron chi connectivity index (χ0n) is 10.4. The predicted molar refractivity (Wildman–Crippen MR) is 93.4 cm³/mol. The van der Waals surface area contributed by atoms with Crippen LogP contribution in [0.25, 0.3) is 0 Å². The van der Waals surface area contributed by atoms with Crippen LogP contribution in [0, 0.1) is 3.57 Å². The van der Waals surface area contributed by atoms with Gasteiger partial charge >= 0.3 is 0 Å². The highest BCUT2D eigenvalue weighted by atomic mass is 127. The number of rotatable bonds is 5. The molecular formula is C14H14Br2INO. The zero-order valence-corrected chi connectivity index (χ0v) is 15.7. The van der Waals surface area contributed by atoms with E-state index < -0.39 is 0 Å². The minimum atomic E-state index is 0.0651. The van der Waals surface area contributed by atoms with Crippen molar-refractivity contribution in [1.82, 2.24) is 5.32 Å². The van der Waals surface area contributed by atoms with E-state index in [0.29, 0.717) is 0 Å². The van der Waals surface area contributed by atoms with Crippen molar-refractivity contribution in [1.29, 1.82) is 0 Å². The Morgan fingerprint density at radius 2 is 2.05 bits per heavy atom. The van der Waals surface area contributed by atoms with E-state index >= 15 is 0 Å². The highest BCUT2D eigenvalue weighted by Crippen LogP contribution is 2.32. The van der Waals surface area contributed by atoms with Crippen molar-refractivity contribution in [3.8, 4) is 0 Å². The second-order valence-electron chi connectivity index (χ2n) is 4.19. The van der Waals surface area contributed by atoms with Gasteiger partial charge in [-0.25, -0.2) is 0 Å². The molecule has 1 aromatic heterocycles. The number of nitrogens with one attached hydrogen (secondary N) is 1. The Bertz CT molecular complexity index is 556. The minimum absolute atomic E-state index is 0.0651. The van der Waals surface area contributed by atoms with Crippen molar-refractivity contribution >= 4 is 54.5 Å². The van der Waals surface area contributed by atoms with Crippen LogP contribution in [-0.4, -0.2) is 6.54 Å². The summed E-state index contributed by atoms with van der Waals surface area (Å²) >= 11 is 9.33. The molecule has 2 aromatic rings. The van der Waals surface area contributed by atoms with Crippen LogP contribution in [-0.2, 0) is 0 Å². The molecule has 0 bridgehead atoms. The summed E-state index contributed by atoms with van der Waals surface area (Å²) in [5, 5.41) is 3.54. The largest absolute Gasteiger partial charge is 0.452 e. The fourth-order valence-electron chi connectivity index (χ4n) is 1.87. The average molecular weight is 499 g/mol. The van der Waals surface area contributed by atoms with Gasteiger partial charge in [0.25, 0.3) is 0 Å². The van der Waals surface area contributed by atoms with Gasteiger partial charge in [0.2, 0.25) is 0 Å². The van der Waals surface area contributed by atoms with Gasteiger partial charge < -0.3 is 9.73 Å². The maximum atomic E-state index is 5.72. The lowest BCUT2D eigenvalue weighted by molar-refractivity contribution is 0.432. The third-order valence-electron chi connectivity index (χ3n) is 2.75. The van der Waals surface area contributed by atoms with Crippen molar-refractivity contribution in [2.75, 3.05) is 6.54 Å². The zero-order chi connectivity index (χ0) is 13.8. The first-order valence-corrected chi connectivity index (χ1v) is 8.72. The molecule has 0 saturated heterocycles. The van der Waals surface area contributed by atoms with E-state index in [-0.39, 0.29) is 6.04 Å². The van der Waals surface area contributed by atoms with Crippen LogP contribution in [0.4, 0.5) is 0 Å². The van der Waals surface area contributed by atoms with Gasteiger partial charge in [-0.2, -0.15) is 0 Å². The highest BCUT2D eigenvalue weighted by molar-refractivity contribution is 14.1. The quantitative estimate of drug-likeness (QED) is 0.551. The molecule has 0 aliphatic carbocycles. The fraction of sp³-hybridized carbons (Fsp3) is 0.286. The van der Waals surface area contributed by atoms with Crippen molar-refractivity contribution in [3.63, 3.8) is 0 Å². The molecule has 5 heteroatoms. The summed E-state index contributed by atoms with van der Waals surface area (Å²) < 4.78 is 8.78. The Kier molecular flexibility index (Phi) is 5.92. The van der Waals surface area contributed by atoms with E-state index in [1.54, 1.807) is 0 Å². The lowest BCUT2D eigenvalue weighted by Gasteiger charge is -2.18. The lowest BCUT2D eigenvalue weighted by atomic mass is 10.0. The van der Waals surface area contributed by atoms with Gasteiger partial charge in [-0.05, 0) is 87.4 Å². The van der Waals surface area contributed by atoms with Gasteiger partial charge in [0, 0.05) is 8.04 Å². The molecule has 0 aliphatic rings. The van der Waals surface area contributed by atoms with Crippen LogP contribution >= 0.6 is 54.5 Å². The third-order valence-corrected chi connectivity index (χ3v) is 4.57. The Hall–Kier alpha value is 0.150. The van der Waals surface area contributed by atoms with Gasteiger partial charge in [-0.15, -0.1) is 0 Å². The van der Waals surface area contributed by atoms with Crippen LogP contribution in [0.3, 0.4) is 0 Å². The van der Waals surface area contributed by atoms with Crippen LogP contribution < -0.4 is 5.32 Å². The van der Waals surface area contributed by atoms with Crippen molar-refractivity contribution in [2.45, 2.75) is 19.4 Å². The monoisotopic (exact) mass is 497 g/mol. The second kappa shape index (κ2) is 7.24. The Morgan fingerprint density at radius 3 is 2.68 bits per heavy atom. The van der Waals surface area contributed by atoms with E-state index in [1.165, 1.54) is 9.13 Å². The molecule has 0 spiro atoms. The molecule has 0 saturated carbocycles. The molecule has 1 atom stereocenters. The van der Waals surface area contributed by atoms with Gasteiger partial charge in [0.15, 0.2) is 4.67 Å². The number of hydrogen-bond acceptors (Lipinski definition) is 2. The summed E-state index contributed by atoms with van der Waals surface area (Å²) in [7, 11) is 0. The Balaban J connectivity index is 2.39.